The van der Waals surface area contributed by atoms with Crippen molar-refractivity contribution in [1.29, 1.82) is 0 Å². The predicted molar refractivity (Wildman–Crippen MR) is 76.2 cm³/mol. The summed E-state index contributed by atoms with van der Waals surface area (Å²) >= 11 is 0. The van der Waals surface area contributed by atoms with Crippen LogP contribution in [0.1, 0.15) is 33.6 Å². The molecule has 4 N–H and O–H groups in total. The zero-order valence-corrected chi connectivity index (χ0v) is 12.6. The quantitative estimate of drug-likeness (QED) is 0.543. The molecular formula is C13H29N3O3. The monoisotopic (exact) mass is 275 g/mol. The third-order valence-electron chi connectivity index (χ3n) is 2.34. The zero-order valence-electron chi connectivity index (χ0n) is 12.6. The Hall–Kier alpha value is -0.850. The molecule has 0 aliphatic heterocycles. The number of methoxy groups -OCH3 is 1. The van der Waals surface area contributed by atoms with Gasteiger partial charge in [-0.2, -0.15) is 0 Å². The number of nitrogens with one attached hydrogen (secondary N) is 2. The molecule has 0 radical (unpaired) electrons. The Morgan fingerprint density at radius 2 is 2.00 bits per heavy atom. The van der Waals surface area contributed by atoms with Crippen molar-refractivity contribution >= 4 is 6.09 Å². The lowest BCUT2D eigenvalue weighted by Gasteiger charge is -2.20. The van der Waals surface area contributed by atoms with Crippen LogP contribution in [0.3, 0.4) is 0 Å². The van der Waals surface area contributed by atoms with Crippen LogP contribution in [0.15, 0.2) is 0 Å². The largest absolute Gasteiger partial charge is 0.444 e. The van der Waals surface area contributed by atoms with Crippen LogP contribution in [0.5, 0.6) is 0 Å². The molecule has 0 aliphatic carbocycles. The predicted octanol–water partition coefficient (Wildman–Crippen LogP) is 0.855. The van der Waals surface area contributed by atoms with Crippen LogP contribution in [-0.2, 0) is 9.47 Å². The molecule has 6 nitrogen and oxygen atoms in total. The summed E-state index contributed by atoms with van der Waals surface area (Å²) in [5.74, 6) is 0. The van der Waals surface area contributed by atoms with Gasteiger partial charge < -0.3 is 25.8 Å². The van der Waals surface area contributed by atoms with Gasteiger partial charge in [0, 0.05) is 32.8 Å². The van der Waals surface area contributed by atoms with E-state index < -0.39 is 5.60 Å². The van der Waals surface area contributed by atoms with E-state index in [2.05, 4.69) is 10.6 Å². The molecule has 0 rings (SSSR count). The van der Waals surface area contributed by atoms with Crippen LogP contribution in [0.25, 0.3) is 0 Å². The summed E-state index contributed by atoms with van der Waals surface area (Å²) in [7, 11) is 1.68. The minimum absolute atomic E-state index is 0.272. The SMILES string of the molecule is COCC(CCCNC(=O)OC(C)(C)C)NCCN. The van der Waals surface area contributed by atoms with Crippen LogP contribution in [0.2, 0.25) is 0 Å². The Labute approximate surface area is 116 Å². The summed E-state index contributed by atoms with van der Waals surface area (Å²) in [6.45, 7) is 8.16. The van der Waals surface area contributed by atoms with Crippen molar-refractivity contribution in [1.82, 2.24) is 10.6 Å². The van der Waals surface area contributed by atoms with Crippen molar-refractivity contribution < 1.29 is 14.3 Å². The molecule has 0 aromatic heterocycles. The highest BCUT2D eigenvalue weighted by atomic mass is 16.6. The summed E-state index contributed by atoms with van der Waals surface area (Å²) in [4.78, 5) is 11.4. The van der Waals surface area contributed by atoms with E-state index in [-0.39, 0.29) is 12.1 Å². The number of amides is 1. The lowest BCUT2D eigenvalue weighted by atomic mass is 10.1. The maximum Gasteiger partial charge on any atom is 0.407 e. The maximum atomic E-state index is 11.4. The molecule has 114 valence electrons. The van der Waals surface area contributed by atoms with Gasteiger partial charge in [0.25, 0.3) is 0 Å². The lowest BCUT2D eigenvalue weighted by molar-refractivity contribution is 0.0526. The second-order valence-corrected chi connectivity index (χ2v) is 5.47. The van der Waals surface area contributed by atoms with Gasteiger partial charge in [0.05, 0.1) is 6.61 Å². The van der Waals surface area contributed by atoms with Gasteiger partial charge in [-0.25, -0.2) is 4.79 Å². The maximum absolute atomic E-state index is 11.4. The van der Waals surface area contributed by atoms with Crippen molar-refractivity contribution in [2.45, 2.75) is 45.3 Å². The molecule has 19 heavy (non-hydrogen) atoms. The third-order valence-corrected chi connectivity index (χ3v) is 2.34. The number of hydrogen-bond donors (Lipinski definition) is 3. The number of hydrogen-bond acceptors (Lipinski definition) is 5. The second kappa shape index (κ2) is 10.00. The molecule has 6 heteroatoms. The van der Waals surface area contributed by atoms with Crippen LogP contribution in [0.4, 0.5) is 4.79 Å². The Balaban J connectivity index is 3.72. The minimum Gasteiger partial charge on any atom is -0.444 e. The summed E-state index contributed by atoms with van der Waals surface area (Å²) in [6.07, 6.45) is 1.42. The molecule has 0 heterocycles. The van der Waals surface area contributed by atoms with Crippen LogP contribution in [-0.4, -0.2) is 51.1 Å². The molecular weight excluding hydrogens is 246 g/mol. The number of rotatable bonds is 9. The average molecular weight is 275 g/mol. The molecule has 1 amide bonds. The first-order chi connectivity index (χ1) is 8.89. The Kier molecular flexibility index (Phi) is 9.55. The van der Waals surface area contributed by atoms with Crippen LogP contribution < -0.4 is 16.4 Å². The van der Waals surface area contributed by atoms with Crippen molar-refractivity contribution in [3.05, 3.63) is 0 Å². The Morgan fingerprint density at radius 1 is 1.32 bits per heavy atom. The van der Waals surface area contributed by atoms with Gasteiger partial charge in [0.15, 0.2) is 0 Å². The van der Waals surface area contributed by atoms with Crippen molar-refractivity contribution in [2.75, 3.05) is 33.4 Å². The van der Waals surface area contributed by atoms with Crippen LogP contribution in [0, 0.1) is 0 Å². The number of carbonyl (C=O) groups is 1. The summed E-state index contributed by atoms with van der Waals surface area (Å²) in [6, 6.07) is 0.272. The lowest BCUT2D eigenvalue weighted by Crippen LogP contribution is -2.38. The van der Waals surface area contributed by atoms with Gasteiger partial charge in [-0.15, -0.1) is 0 Å². The van der Waals surface area contributed by atoms with E-state index in [9.17, 15) is 4.79 Å². The highest BCUT2D eigenvalue weighted by Gasteiger charge is 2.15. The van der Waals surface area contributed by atoms with Crippen molar-refractivity contribution in [2.24, 2.45) is 5.73 Å². The van der Waals surface area contributed by atoms with E-state index in [0.717, 1.165) is 19.4 Å². The normalized spacial score (nSPS) is 13.1. The van der Waals surface area contributed by atoms with E-state index >= 15 is 0 Å². The molecule has 0 aromatic carbocycles. The first-order valence-corrected chi connectivity index (χ1v) is 6.78. The van der Waals surface area contributed by atoms with Crippen molar-refractivity contribution in [3.8, 4) is 0 Å². The fourth-order valence-electron chi connectivity index (χ4n) is 1.59. The Morgan fingerprint density at radius 3 is 2.53 bits per heavy atom. The number of alkyl carbamates (subject to hydrolysis) is 1. The van der Waals surface area contributed by atoms with Gasteiger partial charge in [-0.05, 0) is 33.6 Å². The van der Waals surface area contributed by atoms with E-state index in [1.54, 1.807) is 7.11 Å². The molecule has 0 aliphatic rings. The fourth-order valence-corrected chi connectivity index (χ4v) is 1.59. The molecule has 0 spiro atoms. The minimum atomic E-state index is -0.453. The smallest absolute Gasteiger partial charge is 0.407 e. The highest BCUT2D eigenvalue weighted by Crippen LogP contribution is 2.06. The van der Waals surface area contributed by atoms with Gasteiger partial charge in [-0.1, -0.05) is 0 Å². The van der Waals surface area contributed by atoms with Gasteiger partial charge in [0.2, 0.25) is 0 Å². The number of nitrogens with two attached hydrogens (primary N) is 1. The summed E-state index contributed by atoms with van der Waals surface area (Å²) in [5, 5.41) is 6.04. The average Bonchev–Trinajstić information content (AvgIpc) is 2.29. The van der Waals surface area contributed by atoms with E-state index in [0.29, 0.717) is 19.7 Å². The topological polar surface area (TPSA) is 85.6 Å². The first kappa shape index (κ1) is 18.1. The third kappa shape index (κ3) is 11.9. The molecule has 0 saturated carbocycles. The van der Waals surface area contributed by atoms with E-state index in [1.807, 2.05) is 20.8 Å². The molecule has 0 aromatic rings. The molecule has 0 bridgehead atoms. The summed E-state index contributed by atoms with van der Waals surface area (Å²) in [5.41, 5.74) is 5.00. The molecule has 1 unspecified atom stereocenters. The van der Waals surface area contributed by atoms with E-state index in [4.69, 9.17) is 15.2 Å². The van der Waals surface area contributed by atoms with Gasteiger partial charge in [-0.3, -0.25) is 0 Å². The van der Waals surface area contributed by atoms with Crippen LogP contribution >= 0.6 is 0 Å². The zero-order chi connectivity index (χ0) is 14.7. The van der Waals surface area contributed by atoms with Gasteiger partial charge >= 0.3 is 6.09 Å². The van der Waals surface area contributed by atoms with Gasteiger partial charge in [0.1, 0.15) is 5.60 Å². The van der Waals surface area contributed by atoms with Crippen molar-refractivity contribution in [3.63, 3.8) is 0 Å². The molecule has 0 fully saturated rings. The number of ether oxygens (including phenoxy) is 2. The summed E-state index contributed by atoms with van der Waals surface area (Å²) < 4.78 is 10.3. The van der Waals surface area contributed by atoms with E-state index in [1.165, 1.54) is 0 Å². The molecule has 1 atom stereocenters. The standard InChI is InChI=1S/C13H29N3O3/c1-13(2,3)19-12(17)16-8-5-6-11(10-18-4)15-9-7-14/h11,15H,5-10,14H2,1-4H3,(H,16,17). The first-order valence-electron chi connectivity index (χ1n) is 6.78. The molecule has 0 saturated heterocycles. The highest BCUT2D eigenvalue weighted by molar-refractivity contribution is 5.67. The fraction of sp³-hybridized carbons (Fsp3) is 0.923. The number of carbonyl (C=O) groups excluding carboxylic acids is 1. The Bertz CT molecular complexity index is 242. The second-order valence-electron chi connectivity index (χ2n) is 5.47.